The molecule has 1 aromatic rings. The van der Waals surface area contributed by atoms with E-state index in [1.807, 2.05) is 6.92 Å². The van der Waals surface area contributed by atoms with Gasteiger partial charge in [0, 0.05) is 11.6 Å². The second-order valence-corrected chi connectivity index (χ2v) is 4.08. The monoisotopic (exact) mass is 191 g/mol. The molecular formula is C12H17NO. The number of fused-ring (bicyclic) bond motifs is 1. The van der Waals surface area contributed by atoms with Gasteiger partial charge in [-0.15, -0.1) is 0 Å². The molecule has 0 saturated heterocycles. The molecule has 0 unspecified atom stereocenters. The summed E-state index contributed by atoms with van der Waals surface area (Å²) in [5.74, 6) is 1.04. The standard InChI is InChI=1S/C12H17NO/c1-8-6-10-4-3-5-14-12(10)11(7-8)9(2)13/h6-7,9H,3-5,13H2,1-2H3/t9-/m1/s1. The van der Waals surface area contributed by atoms with Gasteiger partial charge in [0.25, 0.3) is 0 Å². The minimum atomic E-state index is 0.0572. The fourth-order valence-electron chi connectivity index (χ4n) is 2.02. The topological polar surface area (TPSA) is 35.2 Å². The molecule has 1 aliphatic heterocycles. The van der Waals surface area contributed by atoms with Crippen LogP contribution in [0.4, 0.5) is 0 Å². The molecule has 1 atom stereocenters. The van der Waals surface area contributed by atoms with E-state index in [1.54, 1.807) is 0 Å². The van der Waals surface area contributed by atoms with Crippen molar-refractivity contribution in [2.45, 2.75) is 32.7 Å². The van der Waals surface area contributed by atoms with E-state index >= 15 is 0 Å². The highest BCUT2D eigenvalue weighted by Crippen LogP contribution is 2.33. The molecule has 1 aliphatic rings. The summed E-state index contributed by atoms with van der Waals surface area (Å²) in [6.07, 6.45) is 2.24. The third-order valence-electron chi connectivity index (χ3n) is 2.67. The Morgan fingerprint density at radius 1 is 1.43 bits per heavy atom. The lowest BCUT2D eigenvalue weighted by molar-refractivity contribution is 0.283. The molecule has 0 amide bonds. The lowest BCUT2D eigenvalue weighted by Gasteiger charge is -2.22. The summed E-state index contributed by atoms with van der Waals surface area (Å²) in [5.41, 5.74) is 9.68. The van der Waals surface area contributed by atoms with E-state index in [0.29, 0.717) is 0 Å². The maximum absolute atomic E-state index is 5.93. The van der Waals surface area contributed by atoms with Gasteiger partial charge >= 0.3 is 0 Å². The molecule has 2 rings (SSSR count). The average molecular weight is 191 g/mol. The quantitative estimate of drug-likeness (QED) is 0.739. The highest BCUT2D eigenvalue weighted by Gasteiger charge is 2.17. The van der Waals surface area contributed by atoms with Crippen molar-refractivity contribution in [2.24, 2.45) is 5.73 Å². The molecule has 0 aliphatic carbocycles. The number of ether oxygens (including phenoxy) is 1. The third-order valence-corrected chi connectivity index (χ3v) is 2.67. The molecule has 2 nitrogen and oxygen atoms in total. The van der Waals surface area contributed by atoms with Crippen LogP contribution in [0.15, 0.2) is 12.1 Å². The van der Waals surface area contributed by atoms with Crippen LogP contribution in [-0.2, 0) is 6.42 Å². The van der Waals surface area contributed by atoms with Crippen LogP contribution in [0.1, 0.15) is 36.1 Å². The molecule has 76 valence electrons. The largest absolute Gasteiger partial charge is 0.493 e. The lowest BCUT2D eigenvalue weighted by atomic mass is 9.96. The Balaban J connectivity index is 2.52. The zero-order valence-electron chi connectivity index (χ0n) is 8.84. The number of hydrogen-bond donors (Lipinski definition) is 1. The molecule has 2 N–H and O–H groups in total. The van der Waals surface area contributed by atoms with E-state index in [2.05, 4.69) is 19.1 Å². The zero-order chi connectivity index (χ0) is 10.1. The van der Waals surface area contributed by atoms with E-state index in [4.69, 9.17) is 10.5 Å². The van der Waals surface area contributed by atoms with Crippen molar-refractivity contribution in [2.75, 3.05) is 6.61 Å². The smallest absolute Gasteiger partial charge is 0.127 e. The SMILES string of the molecule is Cc1cc2c(c([C@@H](C)N)c1)OCCC2. The fourth-order valence-corrected chi connectivity index (χ4v) is 2.02. The summed E-state index contributed by atoms with van der Waals surface area (Å²) in [5, 5.41) is 0. The van der Waals surface area contributed by atoms with E-state index in [-0.39, 0.29) is 6.04 Å². The maximum atomic E-state index is 5.93. The first-order chi connectivity index (χ1) is 6.68. The van der Waals surface area contributed by atoms with Gasteiger partial charge < -0.3 is 10.5 Å². The fraction of sp³-hybridized carbons (Fsp3) is 0.500. The van der Waals surface area contributed by atoms with Gasteiger partial charge in [-0.25, -0.2) is 0 Å². The first-order valence-corrected chi connectivity index (χ1v) is 5.20. The Hall–Kier alpha value is -1.02. The predicted octanol–water partition coefficient (Wildman–Crippen LogP) is 2.34. The van der Waals surface area contributed by atoms with Crippen molar-refractivity contribution < 1.29 is 4.74 Å². The van der Waals surface area contributed by atoms with Crippen molar-refractivity contribution >= 4 is 0 Å². The summed E-state index contributed by atoms with van der Waals surface area (Å²) in [4.78, 5) is 0. The highest BCUT2D eigenvalue weighted by atomic mass is 16.5. The molecule has 0 spiro atoms. The highest BCUT2D eigenvalue weighted by molar-refractivity contribution is 5.46. The van der Waals surface area contributed by atoms with Crippen molar-refractivity contribution in [1.82, 2.24) is 0 Å². The molecule has 2 heteroatoms. The summed E-state index contributed by atoms with van der Waals surface area (Å²) < 4.78 is 5.69. The van der Waals surface area contributed by atoms with Gasteiger partial charge in [-0.1, -0.05) is 17.7 Å². The second kappa shape index (κ2) is 3.62. The van der Waals surface area contributed by atoms with E-state index in [9.17, 15) is 0 Å². The second-order valence-electron chi connectivity index (χ2n) is 4.08. The predicted molar refractivity (Wildman–Crippen MR) is 57.6 cm³/mol. The molecule has 0 fully saturated rings. The summed E-state index contributed by atoms with van der Waals surface area (Å²) in [6, 6.07) is 4.40. The Bertz CT molecular complexity index is 344. The molecule has 0 bridgehead atoms. The normalized spacial score (nSPS) is 17.1. The van der Waals surface area contributed by atoms with Gasteiger partial charge in [0.2, 0.25) is 0 Å². The van der Waals surface area contributed by atoms with Crippen LogP contribution < -0.4 is 10.5 Å². The summed E-state index contributed by atoms with van der Waals surface area (Å²) in [6.45, 7) is 4.95. The number of hydrogen-bond acceptors (Lipinski definition) is 2. The van der Waals surface area contributed by atoms with E-state index in [0.717, 1.165) is 30.8 Å². The molecule has 1 heterocycles. The number of aryl methyl sites for hydroxylation is 2. The van der Waals surface area contributed by atoms with Crippen molar-refractivity contribution in [3.8, 4) is 5.75 Å². The molecule has 1 aromatic carbocycles. The van der Waals surface area contributed by atoms with Gasteiger partial charge in [0.1, 0.15) is 5.75 Å². The van der Waals surface area contributed by atoms with Crippen LogP contribution >= 0.6 is 0 Å². The maximum Gasteiger partial charge on any atom is 0.127 e. The van der Waals surface area contributed by atoms with Crippen LogP contribution in [0.5, 0.6) is 5.75 Å². The molecule has 0 aromatic heterocycles. The van der Waals surface area contributed by atoms with Gasteiger partial charge in [0.05, 0.1) is 6.61 Å². The number of nitrogens with two attached hydrogens (primary N) is 1. The van der Waals surface area contributed by atoms with Crippen LogP contribution in [0.25, 0.3) is 0 Å². The Morgan fingerprint density at radius 2 is 2.21 bits per heavy atom. The molecule has 14 heavy (non-hydrogen) atoms. The summed E-state index contributed by atoms with van der Waals surface area (Å²) >= 11 is 0. The van der Waals surface area contributed by atoms with Gasteiger partial charge in [-0.2, -0.15) is 0 Å². The van der Waals surface area contributed by atoms with Crippen LogP contribution in [-0.4, -0.2) is 6.61 Å². The Labute approximate surface area is 85.1 Å². The van der Waals surface area contributed by atoms with Gasteiger partial charge in [-0.3, -0.25) is 0 Å². The lowest BCUT2D eigenvalue weighted by Crippen LogP contribution is -2.14. The minimum absolute atomic E-state index is 0.0572. The van der Waals surface area contributed by atoms with Gasteiger partial charge in [-0.05, 0) is 32.3 Å². The number of benzene rings is 1. The first-order valence-electron chi connectivity index (χ1n) is 5.20. The van der Waals surface area contributed by atoms with E-state index in [1.165, 1.54) is 11.1 Å². The van der Waals surface area contributed by atoms with Crippen molar-refractivity contribution in [3.05, 3.63) is 28.8 Å². The molecular weight excluding hydrogens is 174 g/mol. The third kappa shape index (κ3) is 1.62. The molecule has 0 radical (unpaired) electrons. The van der Waals surface area contributed by atoms with Crippen LogP contribution in [0.2, 0.25) is 0 Å². The van der Waals surface area contributed by atoms with E-state index < -0.39 is 0 Å². The number of rotatable bonds is 1. The van der Waals surface area contributed by atoms with Crippen LogP contribution in [0.3, 0.4) is 0 Å². The van der Waals surface area contributed by atoms with Gasteiger partial charge in [0.15, 0.2) is 0 Å². The average Bonchev–Trinajstić information content (AvgIpc) is 2.16. The Morgan fingerprint density at radius 3 is 2.93 bits per heavy atom. The Kier molecular flexibility index (Phi) is 2.46. The minimum Gasteiger partial charge on any atom is -0.493 e. The first kappa shape index (κ1) is 9.53. The van der Waals surface area contributed by atoms with Crippen molar-refractivity contribution in [1.29, 1.82) is 0 Å². The van der Waals surface area contributed by atoms with Crippen LogP contribution in [0, 0.1) is 6.92 Å². The summed E-state index contributed by atoms with van der Waals surface area (Å²) in [7, 11) is 0. The zero-order valence-corrected chi connectivity index (χ0v) is 8.84. The molecule has 0 saturated carbocycles. The van der Waals surface area contributed by atoms with Crippen molar-refractivity contribution in [3.63, 3.8) is 0 Å².